The first-order valence-corrected chi connectivity index (χ1v) is 9.70. The van der Waals surface area contributed by atoms with E-state index in [9.17, 15) is 8.42 Å². The molecule has 3 aromatic rings. The fourth-order valence-electron chi connectivity index (χ4n) is 3.35. The van der Waals surface area contributed by atoms with Crippen LogP contribution in [0.4, 0.5) is 0 Å². The van der Waals surface area contributed by atoms with Crippen molar-refractivity contribution in [3.05, 3.63) is 60.7 Å². The second-order valence-corrected chi connectivity index (χ2v) is 8.13. The summed E-state index contributed by atoms with van der Waals surface area (Å²) in [6, 6.07) is 12.8. The number of piperazine rings is 1. The molecule has 1 saturated heterocycles. The largest absolute Gasteiger partial charge is 0.337 e. The van der Waals surface area contributed by atoms with E-state index >= 15 is 0 Å². The Kier molecular flexibility index (Phi) is 4.07. The standard InChI is InChI=1S/C18H20N4O2S/c1-21-10-9-20-18(21)17-13-19-8-11-22(17)25(23,24)16-7-6-14-4-2-3-5-15(14)12-16/h2-7,9-10,12,17,19H,8,11,13H2,1H3. The maximum atomic E-state index is 13.3. The first kappa shape index (κ1) is 16.3. The van der Waals surface area contributed by atoms with Crippen molar-refractivity contribution >= 4 is 20.8 Å². The Bertz CT molecular complexity index is 1010. The number of benzene rings is 2. The second-order valence-electron chi connectivity index (χ2n) is 6.24. The molecule has 1 aromatic heterocycles. The Labute approximate surface area is 147 Å². The lowest BCUT2D eigenvalue weighted by Gasteiger charge is -2.34. The predicted octanol–water partition coefficient (Wildman–Crippen LogP) is 1.91. The van der Waals surface area contributed by atoms with Crippen LogP contribution in [0.1, 0.15) is 11.9 Å². The summed E-state index contributed by atoms with van der Waals surface area (Å²) in [7, 11) is -1.72. The van der Waals surface area contributed by atoms with Crippen molar-refractivity contribution in [2.24, 2.45) is 7.05 Å². The molecule has 0 bridgehead atoms. The molecule has 6 nitrogen and oxygen atoms in total. The van der Waals surface area contributed by atoms with Gasteiger partial charge >= 0.3 is 0 Å². The van der Waals surface area contributed by atoms with E-state index < -0.39 is 10.0 Å². The molecule has 1 N–H and O–H groups in total. The van der Waals surface area contributed by atoms with Crippen molar-refractivity contribution in [1.29, 1.82) is 0 Å². The van der Waals surface area contributed by atoms with E-state index in [0.29, 0.717) is 24.5 Å². The average Bonchev–Trinajstić information content (AvgIpc) is 3.07. The molecule has 1 unspecified atom stereocenters. The minimum Gasteiger partial charge on any atom is -0.337 e. The minimum atomic E-state index is -3.61. The van der Waals surface area contributed by atoms with Crippen molar-refractivity contribution in [3.63, 3.8) is 0 Å². The molecule has 1 aliphatic rings. The summed E-state index contributed by atoms with van der Waals surface area (Å²) >= 11 is 0. The van der Waals surface area contributed by atoms with Gasteiger partial charge < -0.3 is 9.88 Å². The number of fused-ring (bicyclic) bond motifs is 1. The molecule has 0 aliphatic carbocycles. The van der Waals surface area contributed by atoms with Crippen LogP contribution < -0.4 is 5.32 Å². The van der Waals surface area contributed by atoms with Crippen LogP contribution in [0.15, 0.2) is 59.8 Å². The van der Waals surface area contributed by atoms with Crippen LogP contribution >= 0.6 is 0 Å². The van der Waals surface area contributed by atoms with Crippen LogP contribution in [0.25, 0.3) is 10.8 Å². The predicted molar refractivity (Wildman–Crippen MR) is 96.7 cm³/mol. The summed E-state index contributed by atoms with van der Waals surface area (Å²) in [6.45, 7) is 1.61. The van der Waals surface area contributed by atoms with Crippen LogP contribution in [0.2, 0.25) is 0 Å². The lowest BCUT2D eigenvalue weighted by atomic mass is 10.1. The fourth-order valence-corrected chi connectivity index (χ4v) is 4.98. The molecule has 130 valence electrons. The number of nitrogens with zero attached hydrogens (tertiary/aromatic N) is 3. The van der Waals surface area contributed by atoms with Crippen molar-refractivity contribution in [2.45, 2.75) is 10.9 Å². The first-order chi connectivity index (χ1) is 12.1. The van der Waals surface area contributed by atoms with Gasteiger partial charge in [0.05, 0.1) is 10.9 Å². The highest BCUT2D eigenvalue weighted by Crippen LogP contribution is 2.29. The number of imidazole rings is 1. The van der Waals surface area contributed by atoms with Gasteiger partial charge in [-0.25, -0.2) is 13.4 Å². The quantitative estimate of drug-likeness (QED) is 0.778. The number of nitrogens with one attached hydrogen (secondary N) is 1. The molecule has 7 heteroatoms. The zero-order valence-electron chi connectivity index (χ0n) is 14.0. The number of rotatable bonds is 3. The molecular weight excluding hydrogens is 336 g/mol. The van der Waals surface area contributed by atoms with Gasteiger partial charge in [-0.3, -0.25) is 0 Å². The Hall–Kier alpha value is -2.22. The molecule has 0 spiro atoms. The summed E-state index contributed by atoms with van der Waals surface area (Å²) in [4.78, 5) is 4.69. The van der Waals surface area contributed by atoms with E-state index in [-0.39, 0.29) is 6.04 Å². The molecule has 2 heterocycles. The van der Waals surface area contributed by atoms with Gasteiger partial charge in [0.25, 0.3) is 0 Å². The summed E-state index contributed by atoms with van der Waals surface area (Å²) in [5.41, 5.74) is 0. The monoisotopic (exact) mass is 356 g/mol. The highest BCUT2D eigenvalue weighted by Gasteiger charge is 2.36. The van der Waals surface area contributed by atoms with Crippen LogP contribution in [-0.4, -0.2) is 41.9 Å². The number of sulfonamides is 1. The molecule has 4 rings (SSSR count). The average molecular weight is 356 g/mol. The van der Waals surface area contributed by atoms with E-state index in [4.69, 9.17) is 0 Å². The van der Waals surface area contributed by atoms with Gasteiger partial charge in [-0.1, -0.05) is 30.3 Å². The Morgan fingerprint density at radius 2 is 1.96 bits per heavy atom. The zero-order chi connectivity index (χ0) is 17.4. The molecule has 0 saturated carbocycles. The van der Waals surface area contributed by atoms with Gasteiger partial charge in [0.2, 0.25) is 10.0 Å². The molecule has 0 radical (unpaired) electrons. The summed E-state index contributed by atoms with van der Waals surface area (Å²) in [5.74, 6) is 0.747. The third kappa shape index (κ3) is 2.84. The Morgan fingerprint density at radius 3 is 2.72 bits per heavy atom. The van der Waals surface area contributed by atoms with Crippen molar-refractivity contribution in [3.8, 4) is 0 Å². The Balaban J connectivity index is 1.77. The van der Waals surface area contributed by atoms with Gasteiger partial charge in [0.1, 0.15) is 5.82 Å². The maximum Gasteiger partial charge on any atom is 0.243 e. The smallest absolute Gasteiger partial charge is 0.243 e. The molecule has 0 amide bonds. The van der Waals surface area contributed by atoms with Gasteiger partial charge in [0.15, 0.2) is 0 Å². The highest BCUT2D eigenvalue weighted by molar-refractivity contribution is 7.89. The zero-order valence-corrected chi connectivity index (χ0v) is 14.8. The van der Waals surface area contributed by atoms with E-state index in [1.807, 2.05) is 48.1 Å². The minimum absolute atomic E-state index is 0.315. The summed E-state index contributed by atoms with van der Waals surface area (Å²) in [6.07, 6.45) is 3.54. The molecule has 1 fully saturated rings. The van der Waals surface area contributed by atoms with Gasteiger partial charge in [-0.05, 0) is 22.9 Å². The molecular formula is C18H20N4O2S. The number of hydrogen-bond donors (Lipinski definition) is 1. The number of aryl methyl sites for hydroxylation is 1. The summed E-state index contributed by atoms with van der Waals surface area (Å²) < 4.78 is 30.1. The van der Waals surface area contributed by atoms with Crippen LogP contribution in [0.3, 0.4) is 0 Å². The molecule has 1 atom stereocenters. The van der Waals surface area contributed by atoms with E-state index in [1.54, 1.807) is 22.6 Å². The first-order valence-electron chi connectivity index (χ1n) is 8.26. The van der Waals surface area contributed by atoms with E-state index in [1.165, 1.54) is 0 Å². The molecule has 2 aromatic carbocycles. The van der Waals surface area contributed by atoms with Crippen LogP contribution in [0, 0.1) is 0 Å². The van der Waals surface area contributed by atoms with Crippen molar-refractivity contribution in [1.82, 2.24) is 19.2 Å². The normalized spacial score (nSPS) is 19.3. The van der Waals surface area contributed by atoms with Crippen molar-refractivity contribution in [2.75, 3.05) is 19.6 Å². The third-order valence-corrected chi connectivity index (χ3v) is 6.58. The SMILES string of the molecule is Cn1ccnc1C1CNCCN1S(=O)(=O)c1ccc2ccccc2c1. The molecule has 1 aliphatic heterocycles. The maximum absolute atomic E-state index is 13.3. The van der Waals surface area contributed by atoms with E-state index in [0.717, 1.165) is 16.6 Å². The van der Waals surface area contributed by atoms with Crippen molar-refractivity contribution < 1.29 is 8.42 Å². The van der Waals surface area contributed by atoms with Crippen LogP contribution in [-0.2, 0) is 17.1 Å². The van der Waals surface area contributed by atoms with Gasteiger partial charge in [-0.15, -0.1) is 0 Å². The highest BCUT2D eigenvalue weighted by atomic mass is 32.2. The Morgan fingerprint density at radius 1 is 1.16 bits per heavy atom. The third-order valence-electron chi connectivity index (χ3n) is 4.68. The number of aromatic nitrogens is 2. The van der Waals surface area contributed by atoms with Crippen LogP contribution in [0.5, 0.6) is 0 Å². The topological polar surface area (TPSA) is 67.2 Å². The van der Waals surface area contributed by atoms with E-state index in [2.05, 4.69) is 10.3 Å². The lowest BCUT2D eigenvalue weighted by Crippen LogP contribution is -2.49. The fraction of sp³-hybridized carbons (Fsp3) is 0.278. The van der Waals surface area contributed by atoms with Gasteiger partial charge in [-0.2, -0.15) is 4.31 Å². The number of hydrogen-bond acceptors (Lipinski definition) is 4. The second kappa shape index (κ2) is 6.25. The summed E-state index contributed by atoms with van der Waals surface area (Å²) in [5, 5.41) is 5.23. The lowest BCUT2D eigenvalue weighted by molar-refractivity contribution is 0.258. The van der Waals surface area contributed by atoms with Gasteiger partial charge in [0, 0.05) is 39.1 Å². The molecule has 25 heavy (non-hydrogen) atoms.